The van der Waals surface area contributed by atoms with Gasteiger partial charge in [0.1, 0.15) is 5.56 Å². The molecular formula is C23H26F3N5O2. The van der Waals surface area contributed by atoms with E-state index in [1.54, 1.807) is 12.1 Å². The molecular weight excluding hydrogens is 435 g/mol. The van der Waals surface area contributed by atoms with E-state index in [4.69, 9.17) is 4.74 Å². The molecule has 3 heterocycles. The van der Waals surface area contributed by atoms with Crippen LogP contribution in [0.4, 0.5) is 13.2 Å². The van der Waals surface area contributed by atoms with Crippen molar-refractivity contribution < 1.29 is 22.7 Å². The summed E-state index contributed by atoms with van der Waals surface area (Å²) in [6.07, 6.45) is -3.53. The Morgan fingerprint density at radius 3 is 2.52 bits per heavy atom. The van der Waals surface area contributed by atoms with Crippen molar-refractivity contribution in [1.82, 2.24) is 24.8 Å². The molecule has 0 spiro atoms. The van der Waals surface area contributed by atoms with E-state index in [1.807, 2.05) is 26.0 Å². The van der Waals surface area contributed by atoms with Crippen molar-refractivity contribution in [3.8, 4) is 11.3 Å². The fourth-order valence-electron chi connectivity index (χ4n) is 3.76. The second-order valence-corrected chi connectivity index (χ2v) is 8.30. The molecule has 1 N–H and O–H groups in total. The van der Waals surface area contributed by atoms with Crippen LogP contribution in [0.3, 0.4) is 0 Å². The number of nitrogens with one attached hydrogen (secondary N) is 1. The van der Waals surface area contributed by atoms with Crippen LogP contribution in [0.15, 0.2) is 36.5 Å². The lowest BCUT2D eigenvalue weighted by Crippen LogP contribution is -2.41. The molecule has 0 saturated carbocycles. The molecule has 33 heavy (non-hydrogen) atoms. The van der Waals surface area contributed by atoms with E-state index >= 15 is 0 Å². The van der Waals surface area contributed by atoms with E-state index in [-0.39, 0.29) is 16.9 Å². The van der Waals surface area contributed by atoms with E-state index in [0.29, 0.717) is 42.3 Å². The van der Waals surface area contributed by atoms with Crippen molar-refractivity contribution in [3.05, 3.63) is 53.3 Å². The molecule has 10 heteroatoms. The van der Waals surface area contributed by atoms with Crippen molar-refractivity contribution in [2.45, 2.75) is 25.9 Å². The number of ether oxygens (including phenoxy) is 1. The first-order valence-corrected chi connectivity index (χ1v) is 10.9. The zero-order chi connectivity index (χ0) is 23.6. The number of carbonyl (C=O) groups excluding carboxylic acids is 1. The molecule has 0 atom stereocenters. The number of morpholine rings is 1. The van der Waals surface area contributed by atoms with Crippen molar-refractivity contribution >= 4 is 11.6 Å². The fourth-order valence-corrected chi connectivity index (χ4v) is 3.76. The molecule has 0 radical (unpaired) electrons. The van der Waals surface area contributed by atoms with Gasteiger partial charge in [-0.15, -0.1) is 0 Å². The molecule has 1 aromatic carbocycles. The molecule has 2 aromatic heterocycles. The minimum atomic E-state index is -4.66. The zero-order valence-electron chi connectivity index (χ0n) is 18.5. The summed E-state index contributed by atoms with van der Waals surface area (Å²) in [5.41, 5.74) is 0.628. The number of hydrogen-bond acceptors (Lipinski definition) is 5. The van der Waals surface area contributed by atoms with Gasteiger partial charge >= 0.3 is 6.18 Å². The first-order chi connectivity index (χ1) is 15.7. The Bertz CT molecular complexity index is 1120. The number of alkyl halides is 3. The molecule has 4 rings (SSSR count). The van der Waals surface area contributed by atoms with Gasteiger partial charge in [-0.25, -0.2) is 9.50 Å². The molecule has 0 bridgehead atoms. The van der Waals surface area contributed by atoms with Gasteiger partial charge in [0.2, 0.25) is 0 Å². The minimum Gasteiger partial charge on any atom is -0.379 e. The summed E-state index contributed by atoms with van der Waals surface area (Å²) < 4.78 is 47.4. The van der Waals surface area contributed by atoms with Crippen LogP contribution < -0.4 is 5.32 Å². The maximum atomic E-state index is 13.8. The number of amides is 1. The smallest absolute Gasteiger partial charge is 0.379 e. The third kappa shape index (κ3) is 5.17. The van der Waals surface area contributed by atoms with Crippen LogP contribution in [0.5, 0.6) is 0 Å². The zero-order valence-corrected chi connectivity index (χ0v) is 18.5. The Morgan fingerprint density at radius 2 is 1.88 bits per heavy atom. The van der Waals surface area contributed by atoms with Crippen LogP contribution in [-0.4, -0.2) is 64.8 Å². The third-order valence-electron chi connectivity index (χ3n) is 5.70. The molecule has 1 aliphatic heterocycles. The summed E-state index contributed by atoms with van der Waals surface area (Å²) in [6.45, 7) is 7.92. The highest BCUT2D eigenvalue weighted by Crippen LogP contribution is 2.33. The number of rotatable bonds is 6. The molecule has 0 aliphatic carbocycles. The normalized spacial score (nSPS) is 15.3. The number of carbonyl (C=O) groups is 1. The Morgan fingerprint density at radius 1 is 1.18 bits per heavy atom. The van der Waals surface area contributed by atoms with Gasteiger partial charge in [-0.2, -0.15) is 18.3 Å². The van der Waals surface area contributed by atoms with Crippen molar-refractivity contribution in [3.63, 3.8) is 0 Å². The van der Waals surface area contributed by atoms with E-state index in [2.05, 4.69) is 20.3 Å². The number of halogens is 3. The summed E-state index contributed by atoms with van der Waals surface area (Å²) in [5, 5.41) is 6.59. The molecule has 176 valence electrons. The van der Waals surface area contributed by atoms with E-state index in [0.717, 1.165) is 30.9 Å². The highest BCUT2D eigenvalue weighted by atomic mass is 19.4. The standard InChI is InChI=1S/C23H26F3N5O2/c1-15(2)16-3-5-17(6-4-16)19-13-20(23(24,25)26)31-21(29-19)18(14-28-31)22(32)27-7-8-30-9-11-33-12-10-30/h3-6,13-15H,7-12H2,1-2H3,(H,27,32). The third-order valence-corrected chi connectivity index (χ3v) is 5.70. The maximum Gasteiger partial charge on any atom is 0.433 e. The van der Waals surface area contributed by atoms with Crippen LogP contribution >= 0.6 is 0 Å². The van der Waals surface area contributed by atoms with Gasteiger partial charge in [0.25, 0.3) is 5.91 Å². The lowest BCUT2D eigenvalue weighted by Gasteiger charge is -2.26. The quantitative estimate of drug-likeness (QED) is 0.608. The van der Waals surface area contributed by atoms with Gasteiger partial charge in [0.15, 0.2) is 11.3 Å². The minimum absolute atomic E-state index is 0.00290. The number of hydrogen-bond donors (Lipinski definition) is 1. The van der Waals surface area contributed by atoms with Crippen molar-refractivity contribution in [2.75, 3.05) is 39.4 Å². The molecule has 3 aromatic rings. The lowest BCUT2D eigenvalue weighted by molar-refractivity contribution is -0.142. The first-order valence-electron chi connectivity index (χ1n) is 10.9. The Hall–Kier alpha value is -2.98. The molecule has 1 fully saturated rings. The van der Waals surface area contributed by atoms with Gasteiger partial charge in [-0.3, -0.25) is 9.69 Å². The fraction of sp³-hybridized carbons (Fsp3) is 0.435. The second-order valence-electron chi connectivity index (χ2n) is 8.30. The highest BCUT2D eigenvalue weighted by molar-refractivity contribution is 5.99. The molecule has 7 nitrogen and oxygen atoms in total. The van der Waals surface area contributed by atoms with Crippen molar-refractivity contribution in [1.29, 1.82) is 0 Å². The van der Waals surface area contributed by atoms with Gasteiger partial charge in [-0.1, -0.05) is 38.1 Å². The number of benzene rings is 1. The van der Waals surface area contributed by atoms with E-state index in [9.17, 15) is 18.0 Å². The monoisotopic (exact) mass is 461 g/mol. The Kier molecular flexibility index (Phi) is 6.66. The predicted molar refractivity (Wildman–Crippen MR) is 117 cm³/mol. The maximum absolute atomic E-state index is 13.8. The van der Waals surface area contributed by atoms with Gasteiger partial charge in [-0.05, 0) is 17.5 Å². The first kappa shape index (κ1) is 23.2. The summed E-state index contributed by atoms with van der Waals surface area (Å²) in [5.74, 6) is -0.214. The summed E-state index contributed by atoms with van der Waals surface area (Å²) >= 11 is 0. The SMILES string of the molecule is CC(C)c1ccc(-c2cc(C(F)(F)F)n3ncc(C(=O)NCCN4CCOCC4)c3n2)cc1. The van der Waals surface area contributed by atoms with Gasteiger partial charge < -0.3 is 10.1 Å². The molecule has 1 aliphatic rings. The molecule has 0 unspecified atom stereocenters. The summed E-state index contributed by atoms with van der Waals surface area (Å²) in [4.78, 5) is 19.3. The van der Waals surface area contributed by atoms with Crippen LogP contribution in [-0.2, 0) is 10.9 Å². The van der Waals surface area contributed by atoms with Gasteiger partial charge in [0, 0.05) is 31.7 Å². The average molecular weight is 461 g/mol. The Labute approximate surface area is 189 Å². The van der Waals surface area contributed by atoms with Crippen LogP contribution in [0, 0.1) is 0 Å². The average Bonchev–Trinajstić information content (AvgIpc) is 3.22. The number of nitrogens with zero attached hydrogens (tertiary/aromatic N) is 4. The number of fused-ring (bicyclic) bond motifs is 1. The second kappa shape index (κ2) is 9.48. The number of aromatic nitrogens is 3. The summed E-state index contributed by atoms with van der Waals surface area (Å²) in [7, 11) is 0. The highest BCUT2D eigenvalue weighted by Gasteiger charge is 2.36. The van der Waals surface area contributed by atoms with Crippen molar-refractivity contribution in [2.24, 2.45) is 0 Å². The molecule has 1 saturated heterocycles. The van der Waals surface area contributed by atoms with Gasteiger partial charge in [0.05, 0.1) is 25.1 Å². The predicted octanol–water partition coefficient (Wildman–Crippen LogP) is 3.60. The van der Waals surface area contributed by atoms with Crippen LogP contribution in [0.1, 0.15) is 41.4 Å². The van der Waals surface area contributed by atoms with Crippen LogP contribution in [0.2, 0.25) is 0 Å². The Balaban J connectivity index is 1.63. The summed E-state index contributed by atoms with van der Waals surface area (Å²) in [6, 6.07) is 8.19. The topological polar surface area (TPSA) is 71.8 Å². The van der Waals surface area contributed by atoms with E-state index < -0.39 is 17.8 Å². The van der Waals surface area contributed by atoms with Crippen LogP contribution in [0.25, 0.3) is 16.9 Å². The lowest BCUT2D eigenvalue weighted by atomic mass is 10.0. The molecule has 1 amide bonds. The van der Waals surface area contributed by atoms with E-state index in [1.165, 1.54) is 0 Å². The largest absolute Gasteiger partial charge is 0.433 e.